The standard InChI is InChI=1S/C13H15N5O2S2/c1-9-5-3-4-6-11(9)8-22(19,20)14-7-12-17-18-10(2)15-16-13(18)21-12/h3-6,14H,7-8H2,1-2H3. The van der Waals surface area contributed by atoms with Crippen LogP contribution >= 0.6 is 11.3 Å². The van der Waals surface area contributed by atoms with Gasteiger partial charge in [0.2, 0.25) is 15.0 Å². The third kappa shape index (κ3) is 3.16. The van der Waals surface area contributed by atoms with Crippen LogP contribution in [0.1, 0.15) is 22.0 Å². The predicted molar refractivity (Wildman–Crippen MR) is 84.0 cm³/mol. The Labute approximate surface area is 132 Å². The molecule has 0 atom stereocenters. The van der Waals surface area contributed by atoms with E-state index in [-0.39, 0.29) is 12.3 Å². The fourth-order valence-electron chi connectivity index (χ4n) is 2.03. The molecule has 9 heteroatoms. The number of nitrogens with zero attached hydrogens (tertiary/aromatic N) is 4. The van der Waals surface area contributed by atoms with Gasteiger partial charge in [0.05, 0.1) is 12.3 Å². The van der Waals surface area contributed by atoms with E-state index >= 15 is 0 Å². The summed E-state index contributed by atoms with van der Waals surface area (Å²) >= 11 is 1.32. The van der Waals surface area contributed by atoms with Gasteiger partial charge in [0.25, 0.3) is 0 Å². The highest BCUT2D eigenvalue weighted by Crippen LogP contribution is 2.15. The summed E-state index contributed by atoms with van der Waals surface area (Å²) in [7, 11) is -3.41. The first-order chi connectivity index (χ1) is 10.4. The van der Waals surface area contributed by atoms with E-state index in [9.17, 15) is 8.42 Å². The maximum Gasteiger partial charge on any atom is 0.234 e. The molecule has 0 saturated carbocycles. The molecule has 3 rings (SSSR count). The fraction of sp³-hybridized carbons (Fsp3) is 0.308. The lowest BCUT2D eigenvalue weighted by Gasteiger charge is -2.07. The van der Waals surface area contributed by atoms with Crippen molar-refractivity contribution in [1.29, 1.82) is 0 Å². The summed E-state index contributed by atoms with van der Waals surface area (Å²) in [6.07, 6.45) is 0. The predicted octanol–water partition coefficient (Wildman–Crippen LogP) is 1.42. The van der Waals surface area contributed by atoms with Gasteiger partial charge in [-0.05, 0) is 25.0 Å². The molecule has 0 amide bonds. The number of fused-ring (bicyclic) bond motifs is 1. The van der Waals surface area contributed by atoms with Gasteiger partial charge < -0.3 is 0 Å². The minimum Gasteiger partial charge on any atom is -0.212 e. The summed E-state index contributed by atoms with van der Waals surface area (Å²) in [6.45, 7) is 3.85. The second-order valence-electron chi connectivity index (χ2n) is 4.94. The van der Waals surface area contributed by atoms with E-state index < -0.39 is 10.0 Å². The molecule has 3 aromatic rings. The Balaban J connectivity index is 1.70. The summed E-state index contributed by atoms with van der Waals surface area (Å²) in [5, 5.41) is 12.8. The Bertz CT molecular complexity index is 914. The molecule has 0 saturated heterocycles. The topological polar surface area (TPSA) is 89.2 Å². The Kier molecular flexibility index (Phi) is 3.94. The lowest BCUT2D eigenvalue weighted by molar-refractivity contribution is 0.579. The summed E-state index contributed by atoms with van der Waals surface area (Å²) in [6, 6.07) is 7.45. The molecule has 2 heterocycles. The zero-order valence-corrected chi connectivity index (χ0v) is 13.8. The number of aryl methyl sites for hydroxylation is 2. The second-order valence-corrected chi connectivity index (χ2v) is 7.79. The van der Waals surface area contributed by atoms with Crippen LogP contribution in [0.2, 0.25) is 0 Å². The van der Waals surface area contributed by atoms with E-state index in [4.69, 9.17) is 0 Å². The van der Waals surface area contributed by atoms with Gasteiger partial charge in [-0.2, -0.15) is 9.61 Å². The van der Waals surface area contributed by atoms with Crippen molar-refractivity contribution in [3.05, 3.63) is 46.2 Å². The number of nitrogens with one attached hydrogen (secondary N) is 1. The molecule has 22 heavy (non-hydrogen) atoms. The first kappa shape index (κ1) is 15.1. The van der Waals surface area contributed by atoms with E-state index in [1.54, 1.807) is 11.4 Å². The minimum atomic E-state index is -3.41. The van der Waals surface area contributed by atoms with Crippen LogP contribution in [0.5, 0.6) is 0 Å². The number of aromatic nitrogens is 4. The highest BCUT2D eigenvalue weighted by Gasteiger charge is 2.15. The molecule has 116 valence electrons. The molecule has 0 fully saturated rings. The molecule has 0 aliphatic rings. The molecule has 7 nitrogen and oxygen atoms in total. The largest absolute Gasteiger partial charge is 0.234 e. The number of rotatable bonds is 5. The Morgan fingerprint density at radius 3 is 2.73 bits per heavy atom. The third-order valence-corrected chi connectivity index (χ3v) is 5.41. The smallest absolute Gasteiger partial charge is 0.212 e. The summed E-state index contributed by atoms with van der Waals surface area (Å²) in [5.41, 5.74) is 1.76. The number of sulfonamides is 1. The SMILES string of the molecule is Cc1ccccc1CS(=O)(=O)NCc1nn2c(C)nnc2s1. The van der Waals surface area contributed by atoms with Crippen molar-refractivity contribution < 1.29 is 8.42 Å². The van der Waals surface area contributed by atoms with Crippen LogP contribution in [-0.2, 0) is 22.3 Å². The summed E-state index contributed by atoms with van der Waals surface area (Å²) in [4.78, 5) is 0.658. The van der Waals surface area contributed by atoms with Gasteiger partial charge in [0.1, 0.15) is 5.01 Å². The van der Waals surface area contributed by atoms with Gasteiger partial charge >= 0.3 is 0 Å². The first-order valence-electron chi connectivity index (χ1n) is 6.64. The maximum atomic E-state index is 12.2. The van der Waals surface area contributed by atoms with Crippen LogP contribution in [0.15, 0.2) is 24.3 Å². The number of hydrogen-bond acceptors (Lipinski definition) is 6. The van der Waals surface area contributed by atoms with Crippen molar-refractivity contribution in [3.8, 4) is 0 Å². The van der Waals surface area contributed by atoms with Gasteiger partial charge in [-0.25, -0.2) is 13.1 Å². The van der Waals surface area contributed by atoms with Crippen molar-refractivity contribution in [2.45, 2.75) is 26.1 Å². The van der Waals surface area contributed by atoms with E-state index in [1.807, 2.05) is 31.2 Å². The normalized spacial score (nSPS) is 12.1. The van der Waals surface area contributed by atoms with Crippen LogP contribution in [-0.4, -0.2) is 28.2 Å². The van der Waals surface area contributed by atoms with Crippen LogP contribution in [0.4, 0.5) is 0 Å². The van der Waals surface area contributed by atoms with Crippen LogP contribution < -0.4 is 4.72 Å². The van der Waals surface area contributed by atoms with Crippen molar-refractivity contribution in [2.24, 2.45) is 0 Å². The van der Waals surface area contributed by atoms with Crippen molar-refractivity contribution in [2.75, 3.05) is 0 Å². The summed E-state index contributed by atoms with van der Waals surface area (Å²) < 4.78 is 28.5. The lowest BCUT2D eigenvalue weighted by Crippen LogP contribution is -2.25. The molecule has 0 bridgehead atoms. The molecular weight excluding hydrogens is 322 g/mol. The Morgan fingerprint density at radius 2 is 2.00 bits per heavy atom. The number of benzene rings is 1. The first-order valence-corrected chi connectivity index (χ1v) is 9.11. The highest BCUT2D eigenvalue weighted by molar-refractivity contribution is 7.88. The molecule has 0 unspecified atom stereocenters. The zero-order chi connectivity index (χ0) is 15.7. The lowest BCUT2D eigenvalue weighted by atomic mass is 10.1. The number of hydrogen-bond donors (Lipinski definition) is 1. The fourth-order valence-corrected chi connectivity index (χ4v) is 4.13. The van der Waals surface area contributed by atoms with Crippen LogP contribution in [0.3, 0.4) is 0 Å². The molecular formula is C13H15N5O2S2. The van der Waals surface area contributed by atoms with E-state index in [1.165, 1.54) is 11.3 Å². The Hall–Kier alpha value is -1.84. The third-order valence-electron chi connectivity index (χ3n) is 3.24. The molecule has 0 spiro atoms. The Morgan fingerprint density at radius 1 is 1.23 bits per heavy atom. The monoisotopic (exact) mass is 337 g/mol. The van der Waals surface area contributed by atoms with Crippen LogP contribution in [0.25, 0.3) is 4.96 Å². The molecule has 0 radical (unpaired) electrons. The maximum absolute atomic E-state index is 12.2. The van der Waals surface area contributed by atoms with Gasteiger partial charge in [0.15, 0.2) is 5.82 Å². The second kappa shape index (κ2) is 5.75. The van der Waals surface area contributed by atoms with Crippen molar-refractivity contribution >= 4 is 26.3 Å². The minimum absolute atomic E-state index is 0.0389. The van der Waals surface area contributed by atoms with Crippen molar-refractivity contribution in [1.82, 2.24) is 24.5 Å². The average molecular weight is 337 g/mol. The summed E-state index contributed by atoms with van der Waals surface area (Å²) in [5.74, 6) is 0.642. The molecule has 1 aromatic carbocycles. The van der Waals surface area contributed by atoms with Crippen LogP contribution in [0, 0.1) is 13.8 Å². The van der Waals surface area contributed by atoms with E-state index in [0.717, 1.165) is 11.1 Å². The van der Waals surface area contributed by atoms with Gasteiger partial charge in [0, 0.05) is 0 Å². The average Bonchev–Trinajstić information content (AvgIpc) is 3.02. The molecule has 0 aliphatic heterocycles. The van der Waals surface area contributed by atoms with Gasteiger partial charge in [-0.15, -0.1) is 10.2 Å². The molecule has 0 aliphatic carbocycles. The quantitative estimate of drug-likeness (QED) is 0.760. The van der Waals surface area contributed by atoms with Gasteiger partial charge in [-0.1, -0.05) is 35.6 Å². The van der Waals surface area contributed by atoms with E-state index in [0.29, 0.717) is 15.8 Å². The van der Waals surface area contributed by atoms with Gasteiger partial charge in [-0.3, -0.25) is 0 Å². The van der Waals surface area contributed by atoms with E-state index in [2.05, 4.69) is 20.0 Å². The molecule has 1 N–H and O–H groups in total. The zero-order valence-electron chi connectivity index (χ0n) is 12.1. The highest BCUT2D eigenvalue weighted by atomic mass is 32.2. The molecule has 2 aromatic heterocycles. The van der Waals surface area contributed by atoms with Crippen molar-refractivity contribution in [3.63, 3.8) is 0 Å².